The summed E-state index contributed by atoms with van der Waals surface area (Å²) in [5.74, 6) is 2.54. The monoisotopic (exact) mass is 523 g/mol. The van der Waals surface area contributed by atoms with Crippen LogP contribution in [0.1, 0.15) is 29.9 Å². The van der Waals surface area contributed by atoms with Crippen molar-refractivity contribution in [3.63, 3.8) is 0 Å². The van der Waals surface area contributed by atoms with E-state index in [0.29, 0.717) is 0 Å². The van der Waals surface area contributed by atoms with E-state index in [1.807, 2.05) is 22.4 Å². The Balaban J connectivity index is 1.50. The van der Waals surface area contributed by atoms with Crippen LogP contribution in [0.4, 0.5) is 0 Å². The number of fused-ring (bicyclic) bond motifs is 1. The maximum Gasteiger partial charge on any atom is 0.181 e. The van der Waals surface area contributed by atoms with E-state index in [4.69, 9.17) is 14.8 Å². The molecule has 5 rings (SSSR count). The highest BCUT2D eigenvalue weighted by Crippen LogP contribution is 2.31. The van der Waals surface area contributed by atoms with E-state index in [9.17, 15) is 0 Å². The summed E-state index contributed by atoms with van der Waals surface area (Å²) in [5, 5.41) is 4.76. The van der Waals surface area contributed by atoms with Gasteiger partial charge in [0.15, 0.2) is 11.6 Å². The Morgan fingerprint density at radius 2 is 1.97 bits per heavy atom. The Kier molecular flexibility index (Phi) is 5.35. The minimum atomic E-state index is 0.780. The first-order chi connectivity index (χ1) is 15.1. The van der Waals surface area contributed by atoms with Crippen LogP contribution in [0.3, 0.4) is 0 Å². The van der Waals surface area contributed by atoms with Crippen molar-refractivity contribution in [1.29, 1.82) is 0 Å². The average molecular weight is 523 g/mol. The Labute approximate surface area is 194 Å². The van der Waals surface area contributed by atoms with Crippen molar-refractivity contribution >= 4 is 34.2 Å². The number of aryl methyl sites for hydroxylation is 2. The third kappa shape index (κ3) is 4.01. The molecule has 3 heterocycles. The summed E-state index contributed by atoms with van der Waals surface area (Å²) in [6.07, 6.45) is 8.03. The molecular weight excluding hydrogens is 501 g/mol. The first-order valence-electron chi connectivity index (χ1n) is 10.2. The summed E-state index contributed by atoms with van der Waals surface area (Å²) in [6.45, 7) is 2.87. The molecule has 0 bridgehead atoms. The number of hydrogen-bond acceptors (Lipinski definition) is 4. The molecule has 0 radical (unpaired) electrons. The number of imidazole rings is 1. The van der Waals surface area contributed by atoms with Crippen molar-refractivity contribution in [2.75, 3.05) is 7.11 Å². The van der Waals surface area contributed by atoms with Crippen molar-refractivity contribution < 1.29 is 4.74 Å². The fourth-order valence-electron chi connectivity index (χ4n) is 3.88. The second-order valence-corrected chi connectivity index (χ2v) is 8.86. The molecule has 0 amide bonds. The Morgan fingerprint density at radius 1 is 1.13 bits per heavy atom. The van der Waals surface area contributed by atoms with Gasteiger partial charge < -0.3 is 9.30 Å². The Hall–Kier alpha value is -2.94. The first kappa shape index (κ1) is 20.0. The number of ether oxygens (including phenoxy) is 1. The summed E-state index contributed by atoms with van der Waals surface area (Å²) in [5.41, 5.74) is 5.27. The normalized spacial score (nSPS) is 14.6. The molecule has 0 saturated carbocycles. The predicted molar refractivity (Wildman–Crippen MR) is 130 cm³/mol. The SMILES string of the molecule is COc1cc(/C=C2\CCCn3nc(-c4ccc(I)cc4)nc32)ccc1-n1cnc(C)c1. The molecule has 0 aliphatic carbocycles. The summed E-state index contributed by atoms with van der Waals surface area (Å²) < 4.78 is 10.9. The van der Waals surface area contributed by atoms with E-state index >= 15 is 0 Å². The number of halogens is 1. The van der Waals surface area contributed by atoms with Gasteiger partial charge in [0.1, 0.15) is 5.75 Å². The number of methoxy groups -OCH3 is 1. The molecule has 4 aromatic rings. The minimum absolute atomic E-state index is 0.780. The van der Waals surface area contributed by atoms with Crippen LogP contribution in [0.5, 0.6) is 5.75 Å². The fraction of sp³-hybridized carbons (Fsp3) is 0.208. The van der Waals surface area contributed by atoms with Gasteiger partial charge in [-0.15, -0.1) is 0 Å². The smallest absolute Gasteiger partial charge is 0.181 e. The van der Waals surface area contributed by atoms with Crippen LogP contribution in [0.2, 0.25) is 0 Å². The van der Waals surface area contributed by atoms with E-state index in [2.05, 4.69) is 76.1 Å². The van der Waals surface area contributed by atoms with Gasteiger partial charge >= 0.3 is 0 Å². The summed E-state index contributed by atoms with van der Waals surface area (Å²) in [4.78, 5) is 9.19. The maximum absolute atomic E-state index is 5.67. The highest BCUT2D eigenvalue weighted by Gasteiger charge is 2.20. The van der Waals surface area contributed by atoms with Gasteiger partial charge in [0.2, 0.25) is 0 Å². The summed E-state index contributed by atoms with van der Waals surface area (Å²) >= 11 is 2.31. The largest absolute Gasteiger partial charge is 0.495 e. The van der Waals surface area contributed by atoms with E-state index in [1.54, 1.807) is 13.4 Å². The summed E-state index contributed by atoms with van der Waals surface area (Å²) in [7, 11) is 1.70. The van der Waals surface area contributed by atoms with Crippen LogP contribution in [0.15, 0.2) is 55.0 Å². The van der Waals surface area contributed by atoms with E-state index in [1.165, 1.54) is 9.14 Å². The molecule has 1 aliphatic heterocycles. The second kappa shape index (κ2) is 8.30. The number of nitrogens with zero attached hydrogens (tertiary/aromatic N) is 5. The van der Waals surface area contributed by atoms with Crippen LogP contribution in [0, 0.1) is 10.5 Å². The van der Waals surface area contributed by atoms with Crippen LogP contribution >= 0.6 is 22.6 Å². The van der Waals surface area contributed by atoms with E-state index in [0.717, 1.165) is 59.3 Å². The van der Waals surface area contributed by atoms with Crippen molar-refractivity contribution in [3.05, 3.63) is 75.6 Å². The predicted octanol–water partition coefficient (Wildman–Crippen LogP) is 5.39. The molecule has 0 unspecified atom stereocenters. The summed E-state index contributed by atoms with van der Waals surface area (Å²) in [6, 6.07) is 14.6. The van der Waals surface area contributed by atoms with Gasteiger partial charge in [-0.25, -0.2) is 14.6 Å². The van der Waals surface area contributed by atoms with Crippen molar-refractivity contribution in [2.45, 2.75) is 26.3 Å². The molecule has 0 fully saturated rings. The molecule has 6 nitrogen and oxygen atoms in total. The van der Waals surface area contributed by atoms with Gasteiger partial charge in [-0.3, -0.25) is 0 Å². The average Bonchev–Trinajstić information content (AvgIpc) is 3.41. The molecule has 2 aromatic carbocycles. The van der Waals surface area contributed by atoms with Crippen molar-refractivity contribution in [3.8, 4) is 22.8 Å². The minimum Gasteiger partial charge on any atom is -0.495 e. The molecular formula is C24H22IN5O. The molecule has 0 N–H and O–H groups in total. The molecule has 7 heteroatoms. The molecule has 31 heavy (non-hydrogen) atoms. The lowest BCUT2D eigenvalue weighted by Crippen LogP contribution is -2.11. The number of hydrogen-bond donors (Lipinski definition) is 0. The van der Waals surface area contributed by atoms with Crippen LogP contribution in [0.25, 0.3) is 28.7 Å². The molecule has 2 aromatic heterocycles. The van der Waals surface area contributed by atoms with E-state index in [-0.39, 0.29) is 0 Å². The Bertz CT molecular complexity index is 1270. The second-order valence-electron chi connectivity index (χ2n) is 7.62. The number of aromatic nitrogens is 5. The Morgan fingerprint density at radius 3 is 2.71 bits per heavy atom. The lowest BCUT2D eigenvalue weighted by Gasteiger charge is -2.15. The van der Waals surface area contributed by atoms with Gasteiger partial charge in [0, 0.05) is 21.9 Å². The lowest BCUT2D eigenvalue weighted by atomic mass is 10.0. The topological polar surface area (TPSA) is 57.8 Å². The van der Waals surface area contributed by atoms with Gasteiger partial charge in [-0.05, 0) is 83.8 Å². The lowest BCUT2D eigenvalue weighted by molar-refractivity contribution is 0.413. The molecule has 156 valence electrons. The zero-order valence-corrected chi connectivity index (χ0v) is 19.6. The molecule has 1 aliphatic rings. The van der Waals surface area contributed by atoms with Gasteiger partial charge in [-0.2, -0.15) is 5.10 Å². The highest BCUT2D eigenvalue weighted by molar-refractivity contribution is 14.1. The number of benzene rings is 2. The van der Waals surface area contributed by atoms with E-state index < -0.39 is 0 Å². The molecule has 0 saturated heterocycles. The number of rotatable bonds is 4. The molecule has 0 atom stereocenters. The standard InChI is InChI=1S/C24H22IN5O/c1-16-14-29(15-26-16)21-10-5-17(13-22(21)31-2)12-19-4-3-11-30-24(19)27-23(28-30)18-6-8-20(25)9-7-18/h5-10,12-15H,3-4,11H2,1-2H3/b19-12+. The van der Waals surface area contributed by atoms with Gasteiger partial charge in [0.05, 0.1) is 24.8 Å². The van der Waals surface area contributed by atoms with Gasteiger partial charge in [0.25, 0.3) is 0 Å². The zero-order valence-electron chi connectivity index (χ0n) is 17.4. The fourth-order valence-corrected chi connectivity index (χ4v) is 4.24. The quantitative estimate of drug-likeness (QED) is 0.337. The maximum atomic E-state index is 5.67. The zero-order chi connectivity index (χ0) is 21.4. The van der Waals surface area contributed by atoms with Gasteiger partial charge in [-0.1, -0.05) is 18.2 Å². The van der Waals surface area contributed by atoms with Crippen LogP contribution in [-0.2, 0) is 6.54 Å². The van der Waals surface area contributed by atoms with Crippen molar-refractivity contribution in [2.24, 2.45) is 0 Å². The third-order valence-corrected chi connectivity index (χ3v) is 6.13. The highest BCUT2D eigenvalue weighted by atomic mass is 127. The first-order valence-corrected chi connectivity index (χ1v) is 11.3. The van der Waals surface area contributed by atoms with Crippen LogP contribution in [-0.4, -0.2) is 31.4 Å². The molecule has 0 spiro atoms. The third-order valence-electron chi connectivity index (χ3n) is 5.41. The number of allylic oxidation sites excluding steroid dienone is 1. The van der Waals surface area contributed by atoms with Crippen LogP contribution < -0.4 is 4.74 Å². The van der Waals surface area contributed by atoms with Crippen molar-refractivity contribution in [1.82, 2.24) is 24.3 Å².